The molecular weight excluding hydrogens is 254 g/mol. The van der Waals surface area contributed by atoms with E-state index in [4.69, 9.17) is 14.7 Å². The normalized spacial score (nSPS) is 10.7. The molecule has 0 aliphatic carbocycles. The van der Waals surface area contributed by atoms with E-state index in [0.29, 0.717) is 18.1 Å². The Bertz CT molecular complexity index is 591. The summed E-state index contributed by atoms with van der Waals surface area (Å²) >= 11 is 0. The Labute approximate surface area is 118 Å². The summed E-state index contributed by atoms with van der Waals surface area (Å²) in [5.74, 6) is 1.26. The van der Waals surface area contributed by atoms with E-state index < -0.39 is 0 Å². The summed E-state index contributed by atoms with van der Waals surface area (Å²) in [6.45, 7) is 2.50. The van der Waals surface area contributed by atoms with E-state index in [1.165, 1.54) is 11.8 Å². The van der Waals surface area contributed by atoms with E-state index in [-0.39, 0.29) is 0 Å². The number of nitrogens with zero attached hydrogens (tertiary/aromatic N) is 1. The Morgan fingerprint density at radius 2 is 1.85 bits per heavy atom. The minimum Gasteiger partial charge on any atom is -0.493 e. The fourth-order valence-electron chi connectivity index (χ4n) is 1.80. The molecule has 20 heavy (non-hydrogen) atoms. The largest absolute Gasteiger partial charge is 0.493 e. The van der Waals surface area contributed by atoms with Crippen LogP contribution in [-0.4, -0.2) is 18.5 Å². The lowest BCUT2D eigenvalue weighted by atomic mass is 10.1. The number of methoxy groups -OCH3 is 1. The van der Waals surface area contributed by atoms with E-state index in [1.54, 1.807) is 25.3 Å². The van der Waals surface area contributed by atoms with Crippen LogP contribution in [0, 0.1) is 6.92 Å². The number of aryl methyl sites for hydroxylation is 1. The third-order valence-electron chi connectivity index (χ3n) is 2.91. The van der Waals surface area contributed by atoms with Gasteiger partial charge < -0.3 is 14.7 Å². The van der Waals surface area contributed by atoms with Gasteiger partial charge in [-0.15, -0.1) is 0 Å². The maximum absolute atomic E-state index is 8.57. The van der Waals surface area contributed by atoms with E-state index in [9.17, 15) is 0 Å². The molecule has 0 amide bonds. The predicted molar refractivity (Wildman–Crippen MR) is 77.9 cm³/mol. The monoisotopic (exact) mass is 271 g/mol. The summed E-state index contributed by atoms with van der Waals surface area (Å²) in [4.78, 5) is 0. The molecule has 0 saturated carbocycles. The van der Waals surface area contributed by atoms with Gasteiger partial charge in [0.2, 0.25) is 0 Å². The highest BCUT2D eigenvalue weighted by atomic mass is 16.5. The van der Waals surface area contributed by atoms with E-state index in [0.717, 1.165) is 11.1 Å². The van der Waals surface area contributed by atoms with Crippen molar-refractivity contribution >= 4 is 6.21 Å². The van der Waals surface area contributed by atoms with Gasteiger partial charge in [0.05, 0.1) is 13.3 Å². The fraction of sp³-hybridized carbons (Fsp3) is 0.188. The van der Waals surface area contributed by atoms with Gasteiger partial charge in [0, 0.05) is 5.56 Å². The highest BCUT2D eigenvalue weighted by molar-refractivity contribution is 5.80. The third-order valence-corrected chi connectivity index (χ3v) is 2.91. The van der Waals surface area contributed by atoms with Crippen molar-refractivity contribution in [1.29, 1.82) is 0 Å². The van der Waals surface area contributed by atoms with Gasteiger partial charge in [0.1, 0.15) is 6.61 Å². The second-order valence-corrected chi connectivity index (χ2v) is 4.43. The molecule has 104 valence electrons. The zero-order valence-corrected chi connectivity index (χ0v) is 11.5. The van der Waals surface area contributed by atoms with Gasteiger partial charge in [-0.3, -0.25) is 0 Å². The molecule has 0 bridgehead atoms. The fourth-order valence-corrected chi connectivity index (χ4v) is 1.80. The van der Waals surface area contributed by atoms with E-state index in [1.807, 2.05) is 31.2 Å². The van der Waals surface area contributed by atoms with Crippen molar-refractivity contribution in [3.8, 4) is 11.5 Å². The van der Waals surface area contributed by atoms with Crippen molar-refractivity contribution < 1.29 is 14.7 Å². The van der Waals surface area contributed by atoms with Crippen LogP contribution in [0.3, 0.4) is 0 Å². The van der Waals surface area contributed by atoms with Gasteiger partial charge in [0.25, 0.3) is 0 Å². The van der Waals surface area contributed by atoms with Crippen LogP contribution in [0.15, 0.2) is 47.6 Å². The average Bonchev–Trinajstić information content (AvgIpc) is 2.47. The summed E-state index contributed by atoms with van der Waals surface area (Å²) in [5.41, 5.74) is 3.04. The number of benzene rings is 2. The molecule has 4 nitrogen and oxygen atoms in total. The van der Waals surface area contributed by atoms with Crippen LogP contribution in [0.5, 0.6) is 11.5 Å². The van der Waals surface area contributed by atoms with Gasteiger partial charge in [-0.1, -0.05) is 35.0 Å². The topological polar surface area (TPSA) is 51.0 Å². The highest BCUT2D eigenvalue weighted by Crippen LogP contribution is 2.28. The molecule has 0 spiro atoms. The Morgan fingerprint density at radius 3 is 2.50 bits per heavy atom. The summed E-state index contributed by atoms with van der Waals surface area (Å²) in [7, 11) is 1.59. The molecule has 2 aromatic carbocycles. The SMILES string of the molecule is COc1ccc(C=NO)cc1OCc1ccc(C)cc1. The van der Waals surface area contributed by atoms with Crippen LogP contribution in [0.1, 0.15) is 16.7 Å². The maximum Gasteiger partial charge on any atom is 0.162 e. The van der Waals surface area contributed by atoms with Crippen molar-refractivity contribution in [2.45, 2.75) is 13.5 Å². The molecule has 0 unspecified atom stereocenters. The molecular formula is C16H17NO3. The van der Waals surface area contributed by atoms with Crippen LogP contribution < -0.4 is 9.47 Å². The second-order valence-electron chi connectivity index (χ2n) is 4.43. The maximum atomic E-state index is 8.57. The number of hydrogen-bond donors (Lipinski definition) is 1. The number of hydrogen-bond acceptors (Lipinski definition) is 4. The molecule has 0 atom stereocenters. The van der Waals surface area contributed by atoms with Gasteiger partial charge in [0.15, 0.2) is 11.5 Å². The van der Waals surface area contributed by atoms with Crippen molar-refractivity contribution in [2.24, 2.45) is 5.16 Å². The minimum absolute atomic E-state index is 0.455. The standard InChI is InChI=1S/C16H17NO3/c1-12-3-5-13(6-4-12)11-20-16-9-14(10-17-18)7-8-15(16)19-2/h3-10,18H,11H2,1-2H3. The van der Waals surface area contributed by atoms with Crippen molar-refractivity contribution in [1.82, 2.24) is 0 Å². The zero-order chi connectivity index (χ0) is 14.4. The molecule has 0 aliphatic rings. The molecule has 1 N–H and O–H groups in total. The average molecular weight is 271 g/mol. The van der Waals surface area contributed by atoms with Crippen LogP contribution in [0.25, 0.3) is 0 Å². The van der Waals surface area contributed by atoms with Crippen LogP contribution in [0.2, 0.25) is 0 Å². The molecule has 0 heterocycles. The Balaban J connectivity index is 2.14. The Hall–Kier alpha value is -2.49. The summed E-state index contributed by atoms with van der Waals surface area (Å²) in [6, 6.07) is 13.5. The third kappa shape index (κ3) is 3.51. The molecule has 4 heteroatoms. The first-order valence-corrected chi connectivity index (χ1v) is 6.27. The molecule has 0 fully saturated rings. The quantitative estimate of drug-likeness (QED) is 0.515. The number of oxime groups is 1. The lowest BCUT2D eigenvalue weighted by Gasteiger charge is -2.11. The van der Waals surface area contributed by atoms with Crippen molar-refractivity contribution in [2.75, 3.05) is 7.11 Å². The first kappa shape index (κ1) is 13.9. The minimum atomic E-state index is 0.455. The molecule has 0 radical (unpaired) electrons. The lowest BCUT2D eigenvalue weighted by Crippen LogP contribution is -1.98. The smallest absolute Gasteiger partial charge is 0.162 e. The first-order chi connectivity index (χ1) is 9.72. The van der Waals surface area contributed by atoms with E-state index >= 15 is 0 Å². The van der Waals surface area contributed by atoms with E-state index in [2.05, 4.69) is 5.16 Å². The molecule has 0 saturated heterocycles. The molecule has 2 aromatic rings. The van der Waals surface area contributed by atoms with Gasteiger partial charge in [-0.2, -0.15) is 0 Å². The number of ether oxygens (including phenoxy) is 2. The Morgan fingerprint density at radius 1 is 1.10 bits per heavy atom. The van der Waals surface area contributed by atoms with Gasteiger partial charge in [-0.05, 0) is 30.7 Å². The second kappa shape index (κ2) is 6.61. The first-order valence-electron chi connectivity index (χ1n) is 6.27. The molecule has 0 aliphatic heterocycles. The zero-order valence-electron chi connectivity index (χ0n) is 11.5. The number of rotatable bonds is 5. The summed E-state index contributed by atoms with van der Waals surface area (Å²) in [6.07, 6.45) is 1.35. The van der Waals surface area contributed by atoms with Crippen LogP contribution >= 0.6 is 0 Å². The van der Waals surface area contributed by atoms with Crippen molar-refractivity contribution in [3.63, 3.8) is 0 Å². The molecule has 0 aromatic heterocycles. The predicted octanol–water partition coefficient (Wildman–Crippen LogP) is 3.39. The van der Waals surface area contributed by atoms with Gasteiger partial charge in [-0.25, -0.2) is 0 Å². The molecule has 2 rings (SSSR count). The summed E-state index contributed by atoms with van der Waals surface area (Å²) < 4.78 is 11.0. The highest BCUT2D eigenvalue weighted by Gasteiger charge is 2.05. The van der Waals surface area contributed by atoms with Gasteiger partial charge >= 0.3 is 0 Å². The van der Waals surface area contributed by atoms with Crippen molar-refractivity contribution in [3.05, 3.63) is 59.2 Å². The summed E-state index contributed by atoms with van der Waals surface area (Å²) in [5, 5.41) is 11.6. The van der Waals surface area contributed by atoms with Crippen LogP contribution in [0.4, 0.5) is 0 Å². The lowest BCUT2D eigenvalue weighted by molar-refractivity contribution is 0.284. The van der Waals surface area contributed by atoms with Crippen LogP contribution in [-0.2, 0) is 6.61 Å². The Kier molecular flexibility index (Phi) is 4.60.